The van der Waals surface area contributed by atoms with Crippen molar-refractivity contribution in [2.24, 2.45) is 0 Å². The van der Waals surface area contributed by atoms with Crippen molar-refractivity contribution in [2.75, 3.05) is 17.2 Å². The van der Waals surface area contributed by atoms with Gasteiger partial charge in [0, 0.05) is 28.0 Å². The van der Waals surface area contributed by atoms with E-state index in [2.05, 4.69) is 70.8 Å². The van der Waals surface area contributed by atoms with Gasteiger partial charge in [0.25, 0.3) is 0 Å². The van der Waals surface area contributed by atoms with Crippen LogP contribution in [0, 0.1) is 3.57 Å². The average molecular weight is 352 g/mol. The van der Waals surface area contributed by atoms with E-state index >= 15 is 0 Å². The standard InChI is InChI=1S/C15H17IN2/c1-2-18(15-9-7-14(17)8-10-15)11-12-3-5-13(16)6-4-12/h3-10H,2,11,17H2,1H3. The predicted octanol–water partition coefficient (Wildman–Crippen LogP) is 3.90. The molecule has 0 heterocycles. The van der Waals surface area contributed by atoms with Crippen LogP contribution in [0.1, 0.15) is 12.5 Å². The zero-order valence-corrected chi connectivity index (χ0v) is 12.6. The van der Waals surface area contributed by atoms with E-state index in [0.717, 1.165) is 18.8 Å². The predicted molar refractivity (Wildman–Crippen MR) is 86.7 cm³/mol. The maximum absolute atomic E-state index is 5.72. The van der Waals surface area contributed by atoms with Crippen molar-refractivity contribution in [2.45, 2.75) is 13.5 Å². The van der Waals surface area contributed by atoms with Crippen LogP contribution in [0.15, 0.2) is 48.5 Å². The smallest absolute Gasteiger partial charge is 0.0429 e. The topological polar surface area (TPSA) is 29.3 Å². The zero-order valence-electron chi connectivity index (χ0n) is 10.4. The summed E-state index contributed by atoms with van der Waals surface area (Å²) in [5.74, 6) is 0. The SMILES string of the molecule is CCN(Cc1ccc(I)cc1)c1ccc(N)cc1. The number of rotatable bonds is 4. The van der Waals surface area contributed by atoms with Gasteiger partial charge in [-0.2, -0.15) is 0 Å². The highest BCUT2D eigenvalue weighted by Crippen LogP contribution is 2.19. The molecule has 0 spiro atoms. The number of nitrogens with zero attached hydrogens (tertiary/aromatic N) is 1. The summed E-state index contributed by atoms with van der Waals surface area (Å²) in [6.07, 6.45) is 0. The van der Waals surface area contributed by atoms with Crippen LogP contribution < -0.4 is 10.6 Å². The minimum Gasteiger partial charge on any atom is -0.399 e. The summed E-state index contributed by atoms with van der Waals surface area (Å²) in [6.45, 7) is 4.08. The average Bonchev–Trinajstić information content (AvgIpc) is 2.39. The quantitative estimate of drug-likeness (QED) is 0.668. The van der Waals surface area contributed by atoms with E-state index < -0.39 is 0 Å². The van der Waals surface area contributed by atoms with Crippen LogP contribution in [-0.4, -0.2) is 6.54 Å². The molecular weight excluding hydrogens is 335 g/mol. The van der Waals surface area contributed by atoms with Gasteiger partial charge in [0.05, 0.1) is 0 Å². The second-order valence-electron chi connectivity index (χ2n) is 4.23. The Kier molecular flexibility index (Phi) is 4.47. The van der Waals surface area contributed by atoms with Gasteiger partial charge in [0.2, 0.25) is 0 Å². The third-order valence-electron chi connectivity index (χ3n) is 2.93. The first-order chi connectivity index (χ1) is 8.69. The largest absolute Gasteiger partial charge is 0.399 e. The van der Waals surface area contributed by atoms with Crippen molar-refractivity contribution in [1.82, 2.24) is 0 Å². The molecule has 2 nitrogen and oxygen atoms in total. The van der Waals surface area contributed by atoms with Gasteiger partial charge in [-0.1, -0.05) is 12.1 Å². The third-order valence-corrected chi connectivity index (χ3v) is 3.65. The molecule has 2 aromatic carbocycles. The van der Waals surface area contributed by atoms with Gasteiger partial charge in [-0.05, 0) is 71.5 Å². The maximum Gasteiger partial charge on any atom is 0.0429 e. The van der Waals surface area contributed by atoms with Gasteiger partial charge in [-0.25, -0.2) is 0 Å². The van der Waals surface area contributed by atoms with Crippen molar-refractivity contribution < 1.29 is 0 Å². The molecule has 0 saturated heterocycles. The van der Waals surface area contributed by atoms with Gasteiger partial charge >= 0.3 is 0 Å². The summed E-state index contributed by atoms with van der Waals surface area (Å²) in [4.78, 5) is 2.33. The Balaban J connectivity index is 2.14. The van der Waals surface area contributed by atoms with E-state index in [-0.39, 0.29) is 0 Å². The lowest BCUT2D eigenvalue weighted by Gasteiger charge is -2.23. The van der Waals surface area contributed by atoms with E-state index in [0.29, 0.717) is 0 Å². The summed E-state index contributed by atoms with van der Waals surface area (Å²) in [5, 5.41) is 0. The summed E-state index contributed by atoms with van der Waals surface area (Å²) in [5.41, 5.74) is 9.07. The Hall–Kier alpha value is -1.23. The molecule has 0 amide bonds. The van der Waals surface area contributed by atoms with Crippen LogP contribution in [0.25, 0.3) is 0 Å². The fraction of sp³-hybridized carbons (Fsp3) is 0.200. The molecule has 0 aromatic heterocycles. The molecule has 2 rings (SSSR count). The lowest BCUT2D eigenvalue weighted by molar-refractivity contribution is 0.832. The van der Waals surface area contributed by atoms with Crippen LogP contribution in [0.5, 0.6) is 0 Å². The van der Waals surface area contributed by atoms with Crippen LogP contribution in [-0.2, 0) is 6.54 Å². The second-order valence-corrected chi connectivity index (χ2v) is 5.48. The highest BCUT2D eigenvalue weighted by molar-refractivity contribution is 14.1. The van der Waals surface area contributed by atoms with Gasteiger partial charge in [-0.15, -0.1) is 0 Å². The molecule has 0 bridgehead atoms. The van der Waals surface area contributed by atoms with Crippen molar-refractivity contribution >= 4 is 34.0 Å². The molecule has 0 atom stereocenters. The van der Waals surface area contributed by atoms with Crippen molar-refractivity contribution in [3.63, 3.8) is 0 Å². The van der Waals surface area contributed by atoms with Crippen LogP contribution in [0.2, 0.25) is 0 Å². The molecule has 2 aromatic rings. The Bertz CT molecular complexity index is 491. The summed E-state index contributed by atoms with van der Waals surface area (Å²) >= 11 is 2.33. The first-order valence-corrected chi connectivity index (χ1v) is 7.12. The van der Waals surface area contributed by atoms with E-state index in [1.165, 1.54) is 14.8 Å². The molecule has 0 aliphatic rings. The molecule has 2 N–H and O–H groups in total. The Labute approximate surface area is 122 Å². The third kappa shape index (κ3) is 3.38. The van der Waals surface area contributed by atoms with Gasteiger partial charge in [0.1, 0.15) is 0 Å². The number of nitrogen functional groups attached to an aromatic ring is 1. The summed E-state index contributed by atoms with van der Waals surface area (Å²) in [7, 11) is 0. The number of nitrogens with two attached hydrogens (primary N) is 1. The first kappa shape index (κ1) is 13.2. The minimum absolute atomic E-state index is 0.809. The van der Waals surface area contributed by atoms with Crippen LogP contribution >= 0.6 is 22.6 Å². The Morgan fingerprint density at radius 1 is 1.00 bits per heavy atom. The van der Waals surface area contributed by atoms with E-state index in [4.69, 9.17) is 5.73 Å². The number of benzene rings is 2. The van der Waals surface area contributed by atoms with E-state index in [1.807, 2.05) is 12.1 Å². The zero-order chi connectivity index (χ0) is 13.0. The normalized spacial score (nSPS) is 10.3. The molecular formula is C15H17IN2. The van der Waals surface area contributed by atoms with Crippen molar-refractivity contribution in [3.05, 3.63) is 57.7 Å². The molecule has 0 unspecified atom stereocenters. The first-order valence-electron chi connectivity index (χ1n) is 6.04. The molecule has 0 radical (unpaired) electrons. The fourth-order valence-electron chi connectivity index (χ4n) is 1.88. The maximum atomic E-state index is 5.72. The monoisotopic (exact) mass is 352 g/mol. The number of anilines is 2. The van der Waals surface area contributed by atoms with Crippen LogP contribution in [0.4, 0.5) is 11.4 Å². The molecule has 0 fully saturated rings. The lowest BCUT2D eigenvalue weighted by atomic mass is 10.2. The minimum atomic E-state index is 0.809. The van der Waals surface area contributed by atoms with E-state index in [1.54, 1.807) is 0 Å². The molecule has 0 aliphatic carbocycles. The van der Waals surface area contributed by atoms with E-state index in [9.17, 15) is 0 Å². The summed E-state index contributed by atoms with van der Waals surface area (Å²) in [6, 6.07) is 16.7. The fourth-order valence-corrected chi connectivity index (χ4v) is 2.24. The number of halogens is 1. The number of hydrogen-bond donors (Lipinski definition) is 1. The lowest BCUT2D eigenvalue weighted by Crippen LogP contribution is -2.21. The Morgan fingerprint density at radius 2 is 1.61 bits per heavy atom. The second kappa shape index (κ2) is 6.09. The van der Waals surface area contributed by atoms with Gasteiger partial charge < -0.3 is 10.6 Å². The summed E-state index contributed by atoms with van der Waals surface area (Å²) < 4.78 is 1.27. The van der Waals surface area contributed by atoms with Gasteiger partial charge in [-0.3, -0.25) is 0 Å². The number of hydrogen-bond acceptors (Lipinski definition) is 2. The molecule has 94 valence electrons. The van der Waals surface area contributed by atoms with Gasteiger partial charge in [0.15, 0.2) is 0 Å². The molecule has 0 aliphatic heterocycles. The highest BCUT2D eigenvalue weighted by atomic mass is 127. The Morgan fingerprint density at radius 3 is 2.17 bits per heavy atom. The molecule has 18 heavy (non-hydrogen) atoms. The molecule has 0 saturated carbocycles. The molecule has 3 heteroatoms. The van der Waals surface area contributed by atoms with Crippen molar-refractivity contribution in [1.29, 1.82) is 0 Å². The highest BCUT2D eigenvalue weighted by Gasteiger charge is 2.04. The van der Waals surface area contributed by atoms with Crippen molar-refractivity contribution in [3.8, 4) is 0 Å². The van der Waals surface area contributed by atoms with Crippen LogP contribution in [0.3, 0.4) is 0 Å².